The normalized spacial score (nSPS) is 10.6. The minimum absolute atomic E-state index is 0.719. The van der Waals surface area contributed by atoms with Gasteiger partial charge in [0, 0.05) is 20.2 Å². The summed E-state index contributed by atoms with van der Waals surface area (Å²) in [5.41, 5.74) is 1.02. The van der Waals surface area contributed by atoms with Gasteiger partial charge in [0.05, 0.1) is 25.1 Å². The maximum Gasteiger partial charge on any atom is 0.137 e. The molecule has 0 spiro atoms. The van der Waals surface area contributed by atoms with Crippen molar-refractivity contribution in [2.75, 3.05) is 38.4 Å². The van der Waals surface area contributed by atoms with E-state index in [9.17, 15) is 0 Å². The highest BCUT2D eigenvalue weighted by Crippen LogP contribution is 2.10. The van der Waals surface area contributed by atoms with Crippen LogP contribution in [0.1, 0.15) is 19.0 Å². The first kappa shape index (κ1) is 16.3. The third-order valence-electron chi connectivity index (χ3n) is 2.49. The van der Waals surface area contributed by atoms with Crippen molar-refractivity contribution >= 4 is 11.8 Å². The lowest BCUT2D eigenvalue weighted by Gasteiger charge is -2.07. The zero-order chi connectivity index (χ0) is 13.8. The van der Waals surface area contributed by atoms with E-state index in [1.54, 1.807) is 13.3 Å². The van der Waals surface area contributed by atoms with Crippen molar-refractivity contribution in [3.63, 3.8) is 0 Å². The van der Waals surface area contributed by atoms with Crippen molar-refractivity contribution in [3.8, 4) is 5.75 Å². The molecule has 0 amide bonds. The fourth-order valence-electron chi connectivity index (χ4n) is 1.49. The van der Waals surface area contributed by atoms with E-state index in [0.29, 0.717) is 0 Å². The average molecular weight is 284 g/mol. The average Bonchev–Trinajstić information content (AvgIpc) is 2.45. The van der Waals surface area contributed by atoms with Gasteiger partial charge in [0.25, 0.3) is 0 Å². The summed E-state index contributed by atoms with van der Waals surface area (Å²) in [5, 5.41) is 3.26. The number of methoxy groups -OCH3 is 1. The van der Waals surface area contributed by atoms with Gasteiger partial charge < -0.3 is 14.8 Å². The second-order valence-corrected chi connectivity index (χ2v) is 5.45. The largest absolute Gasteiger partial charge is 0.492 e. The molecule has 0 bridgehead atoms. The number of hydrogen-bond donors (Lipinski definition) is 1. The molecule has 1 aromatic rings. The molecule has 19 heavy (non-hydrogen) atoms. The van der Waals surface area contributed by atoms with Gasteiger partial charge in [-0.1, -0.05) is 6.92 Å². The highest BCUT2D eigenvalue weighted by Gasteiger charge is 1.97. The Kier molecular flexibility index (Phi) is 9.49. The summed E-state index contributed by atoms with van der Waals surface area (Å²) >= 11 is 1.94. The molecular weight excluding hydrogens is 260 g/mol. The zero-order valence-electron chi connectivity index (χ0n) is 11.9. The van der Waals surface area contributed by atoms with Crippen LogP contribution in [0.25, 0.3) is 0 Å². The van der Waals surface area contributed by atoms with Crippen LogP contribution < -0.4 is 10.1 Å². The molecule has 0 aliphatic heterocycles. The van der Waals surface area contributed by atoms with Crippen LogP contribution in [0.15, 0.2) is 18.3 Å². The van der Waals surface area contributed by atoms with E-state index in [1.807, 2.05) is 23.9 Å². The van der Waals surface area contributed by atoms with Crippen LogP contribution in [0.3, 0.4) is 0 Å². The summed E-state index contributed by atoms with van der Waals surface area (Å²) in [6.07, 6.45) is 2.87. The second kappa shape index (κ2) is 11.1. The standard InChI is InChI=1S/C14H24N2O2S/c1-3-19-10-4-8-18-14-6-5-13(16-12-14)11-15-7-9-17-2/h5-6,12,15H,3-4,7-11H2,1-2H3. The molecule has 0 unspecified atom stereocenters. The topological polar surface area (TPSA) is 43.4 Å². The van der Waals surface area contributed by atoms with Crippen LogP contribution in [0.5, 0.6) is 5.75 Å². The minimum atomic E-state index is 0.719. The fraction of sp³-hybridized carbons (Fsp3) is 0.643. The molecule has 5 heteroatoms. The Bertz CT molecular complexity index is 320. The van der Waals surface area contributed by atoms with E-state index in [-0.39, 0.29) is 0 Å². The number of pyridine rings is 1. The third-order valence-corrected chi connectivity index (χ3v) is 3.48. The van der Waals surface area contributed by atoms with E-state index in [2.05, 4.69) is 17.2 Å². The van der Waals surface area contributed by atoms with Gasteiger partial charge in [0.2, 0.25) is 0 Å². The van der Waals surface area contributed by atoms with E-state index in [4.69, 9.17) is 9.47 Å². The summed E-state index contributed by atoms with van der Waals surface area (Å²) < 4.78 is 10.6. The van der Waals surface area contributed by atoms with Gasteiger partial charge in [-0.25, -0.2) is 0 Å². The van der Waals surface area contributed by atoms with E-state index >= 15 is 0 Å². The van der Waals surface area contributed by atoms with Crippen molar-refractivity contribution in [1.29, 1.82) is 0 Å². The highest BCUT2D eigenvalue weighted by atomic mass is 32.2. The molecule has 0 aliphatic rings. The summed E-state index contributed by atoms with van der Waals surface area (Å²) in [4.78, 5) is 4.36. The molecule has 0 radical (unpaired) electrons. The van der Waals surface area contributed by atoms with Crippen molar-refractivity contribution in [2.45, 2.75) is 19.9 Å². The van der Waals surface area contributed by atoms with Crippen LogP contribution in [-0.4, -0.2) is 43.4 Å². The number of hydrogen-bond acceptors (Lipinski definition) is 5. The summed E-state index contributed by atoms with van der Waals surface area (Å²) in [5.74, 6) is 3.18. The molecular formula is C14H24N2O2S. The number of nitrogens with one attached hydrogen (secondary N) is 1. The molecule has 0 fully saturated rings. The SMILES string of the molecule is CCSCCCOc1ccc(CNCCOC)nc1. The second-order valence-electron chi connectivity index (χ2n) is 4.05. The molecule has 1 N–H and O–H groups in total. The summed E-state index contributed by atoms with van der Waals surface area (Å²) in [6, 6.07) is 3.98. The highest BCUT2D eigenvalue weighted by molar-refractivity contribution is 7.99. The third kappa shape index (κ3) is 8.08. The Labute approximate surface area is 120 Å². The quantitative estimate of drug-likeness (QED) is 0.632. The van der Waals surface area contributed by atoms with Crippen LogP contribution in [-0.2, 0) is 11.3 Å². The first-order valence-corrected chi connectivity index (χ1v) is 7.87. The Morgan fingerprint density at radius 3 is 2.89 bits per heavy atom. The van der Waals surface area contributed by atoms with Gasteiger partial charge in [0.15, 0.2) is 0 Å². The Morgan fingerprint density at radius 1 is 1.32 bits per heavy atom. The molecule has 4 nitrogen and oxygen atoms in total. The van der Waals surface area contributed by atoms with Crippen LogP contribution in [0.2, 0.25) is 0 Å². The molecule has 108 valence electrons. The van der Waals surface area contributed by atoms with Crippen LogP contribution >= 0.6 is 11.8 Å². The predicted octanol–water partition coefficient (Wildman–Crippen LogP) is 2.34. The number of ether oxygens (including phenoxy) is 2. The van der Waals surface area contributed by atoms with Crippen LogP contribution in [0, 0.1) is 0 Å². The molecule has 0 saturated carbocycles. The van der Waals surface area contributed by atoms with Gasteiger partial charge in [-0.15, -0.1) is 0 Å². The molecule has 0 atom stereocenters. The van der Waals surface area contributed by atoms with Crippen molar-refractivity contribution < 1.29 is 9.47 Å². The molecule has 1 rings (SSSR count). The number of rotatable bonds is 11. The van der Waals surface area contributed by atoms with Gasteiger partial charge in [-0.2, -0.15) is 11.8 Å². The minimum Gasteiger partial charge on any atom is -0.492 e. The van der Waals surface area contributed by atoms with E-state index in [0.717, 1.165) is 49.9 Å². The monoisotopic (exact) mass is 284 g/mol. The Hall–Kier alpha value is -0.780. The first-order chi connectivity index (χ1) is 9.36. The number of aromatic nitrogens is 1. The lowest BCUT2D eigenvalue weighted by Crippen LogP contribution is -2.19. The first-order valence-electron chi connectivity index (χ1n) is 6.72. The smallest absolute Gasteiger partial charge is 0.137 e. The fourth-order valence-corrected chi connectivity index (χ4v) is 2.10. The molecule has 0 aromatic carbocycles. The molecule has 1 aromatic heterocycles. The van der Waals surface area contributed by atoms with Gasteiger partial charge >= 0.3 is 0 Å². The molecule has 0 aliphatic carbocycles. The molecule has 1 heterocycles. The van der Waals surface area contributed by atoms with Gasteiger partial charge in [-0.3, -0.25) is 4.98 Å². The van der Waals surface area contributed by atoms with Crippen molar-refractivity contribution in [3.05, 3.63) is 24.0 Å². The van der Waals surface area contributed by atoms with Crippen molar-refractivity contribution in [1.82, 2.24) is 10.3 Å². The molecule has 0 saturated heterocycles. The van der Waals surface area contributed by atoms with Crippen molar-refractivity contribution in [2.24, 2.45) is 0 Å². The Morgan fingerprint density at radius 2 is 2.21 bits per heavy atom. The van der Waals surface area contributed by atoms with E-state index < -0.39 is 0 Å². The lowest BCUT2D eigenvalue weighted by molar-refractivity contribution is 0.199. The maximum atomic E-state index is 5.63. The summed E-state index contributed by atoms with van der Waals surface area (Å²) in [7, 11) is 1.70. The number of thioether (sulfide) groups is 1. The van der Waals surface area contributed by atoms with Gasteiger partial charge in [0.1, 0.15) is 5.75 Å². The van der Waals surface area contributed by atoms with Gasteiger partial charge in [-0.05, 0) is 30.1 Å². The Balaban J connectivity index is 2.16. The lowest BCUT2D eigenvalue weighted by atomic mass is 10.3. The maximum absolute atomic E-state index is 5.63. The zero-order valence-corrected chi connectivity index (χ0v) is 12.7. The number of nitrogens with zero attached hydrogens (tertiary/aromatic N) is 1. The van der Waals surface area contributed by atoms with E-state index in [1.165, 1.54) is 5.75 Å². The van der Waals surface area contributed by atoms with Crippen LogP contribution in [0.4, 0.5) is 0 Å². The summed E-state index contributed by atoms with van der Waals surface area (Å²) in [6.45, 7) is 5.26. The predicted molar refractivity (Wildman–Crippen MR) is 80.9 cm³/mol.